The average Bonchev–Trinajstić information content (AvgIpc) is 2.60. The van der Waals surface area contributed by atoms with Crippen LogP contribution < -0.4 is 4.90 Å². The number of hydrogen-bond donors (Lipinski definition) is 0. The molecule has 2 atom stereocenters. The zero-order chi connectivity index (χ0) is 21.4. The Morgan fingerprint density at radius 2 is 1.62 bits per heavy atom. The van der Waals surface area contributed by atoms with Crippen molar-refractivity contribution in [1.82, 2.24) is 0 Å². The van der Waals surface area contributed by atoms with Crippen LogP contribution in [0.4, 0.5) is 5.69 Å². The van der Waals surface area contributed by atoms with Crippen molar-refractivity contribution in [3.8, 4) is 0 Å². The third-order valence-corrected chi connectivity index (χ3v) is 6.10. The molecule has 0 spiro atoms. The summed E-state index contributed by atoms with van der Waals surface area (Å²) >= 11 is 6.51. The second kappa shape index (κ2) is 8.19. The van der Waals surface area contributed by atoms with E-state index in [1.54, 1.807) is 0 Å². The fourth-order valence-corrected chi connectivity index (χ4v) is 4.44. The van der Waals surface area contributed by atoms with Gasteiger partial charge in [0.1, 0.15) is 0 Å². The Labute approximate surface area is 182 Å². The number of nitrogens with zero attached hydrogens (tertiary/aromatic N) is 1. The number of allylic oxidation sites excluding steroid dienone is 5. The zero-order valence-corrected chi connectivity index (χ0v) is 19.8. The van der Waals surface area contributed by atoms with E-state index in [9.17, 15) is 0 Å². The van der Waals surface area contributed by atoms with Gasteiger partial charge in [0.25, 0.3) is 0 Å². The van der Waals surface area contributed by atoms with Crippen molar-refractivity contribution in [3.63, 3.8) is 0 Å². The first kappa shape index (κ1) is 22.0. The summed E-state index contributed by atoms with van der Waals surface area (Å²) in [4.78, 5) is 2.46. The van der Waals surface area contributed by atoms with E-state index in [2.05, 4.69) is 108 Å². The minimum absolute atomic E-state index is 0.153. The van der Waals surface area contributed by atoms with Crippen molar-refractivity contribution < 1.29 is 0 Å². The molecule has 2 heteroatoms. The van der Waals surface area contributed by atoms with E-state index >= 15 is 0 Å². The minimum Gasteiger partial charge on any atom is -0.334 e. The van der Waals surface area contributed by atoms with Crippen LogP contribution in [0.3, 0.4) is 0 Å². The van der Waals surface area contributed by atoms with Gasteiger partial charge >= 0.3 is 0 Å². The van der Waals surface area contributed by atoms with Crippen molar-refractivity contribution in [2.45, 2.75) is 72.8 Å². The summed E-state index contributed by atoms with van der Waals surface area (Å²) in [5.41, 5.74) is 5.54. The quantitative estimate of drug-likeness (QED) is 0.486. The summed E-state index contributed by atoms with van der Waals surface area (Å²) in [6, 6.07) is 9.35. The van der Waals surface area contributed by atoms with Crippen molar-refractivity contribution in [2.24, 2.45) is 11.3 Å². The first-order valence-electron chi connectivity index (χ1n) is 10.8. The second-order valence-corrected chi connectivity index (χ2v) is 11.1. The van der Waals surface area contributed by atoms with Crippen LogP contribution in [0.5, 0.6) is 0 Å². The standard InChI is InChI=1S/C27H36ClN/c1-19-16-22(28)18-25(17-19)29(23-12-8-20(9-13-23)26(2,3)4)24-14-10-21(11-15-24)27(5,6)7/h8-14,17-19,24H,15-16H2,1-7H3. The van der Waals surface area contributed by atoms with Crippen LogP contribution in [0.15, 0.2) is 70.9 Å². The minimum atomic E-state index is 0.153. The van der Waals surface area contributed by atoms with E-state index < -0.39 is 0 Å². The van der Waals surface area contributed by atoms with Gasteiger partial charge in [0, 0.05) is 16.4 Å². The van der Waals surface area contributed by atoms with Gasteiger partial charge < -0.3 is 4.90 Å². The van der Waals surface area contributed by atoms with E-state index in [-0.39, 0.29) is 10.8 Å². The molecule has 156 valence electrons. The van der Waals surface area contributed by atoms with Crippen LogP contribution in [0.1, 0.15) is 66.9 Å². The molecule has 3 rings (SSSR count). The number of anilines is 1. The smallest absolute Gasteiger partial charge is 0.0559 e. The molecule has 0 aliphatic heterocycles. The Kier molecular flexibility index (Phi) is 6.20. The van der Waals surface area contributed by atoms with Gasteiger partial charge in [-0.15, -0.1) is 0 Å². The molecule has 2 aliphatic rings. The highest BCUT2D eigenvalue weighted by Crippen LogP contribution is 2.36. The predicted octanol–water partition coefficient (Wildman–Crippen LogP) is 8.14. The lowest BCUT2D eigenvalue weighted by Gasteiger charge is -2.37. The summed E-state index contributed by atoms with van der Waals surface area (Å²) in [6.45, 7) is 15.9. The van der Waals surface area contributed by atoms with E-state index in [4.69, 9.17) is 11.6 Å². The summed E-state index contributed by atoms with van der Waals surface area (Å²) < 4.78 is 0. The normalized spacial score (nSPS) is 22.7. The van der Waals surface area contributed by atoms with Gasteiger partial charge in [-0.05, 0) is 58.9 Å². The first-order valence-corrected chi connectivity index (χ1v) is 11.2. The molecule has 0 bridgehead atoms. The van der Waals surface area contributed by atoms with Crippen LogP contribution >= 0.6 is 11.6 Å². The maximum atomic E-state index is 6.51. The third kappa shape index (κ3) is 5.25. The zero-order valence-electron chi connectivity index (χ0n) is 19.1. The lowest BCUT2D eigenvalue weighted by Crippen LogP contribution is -2.35. The SMILES string of the molecule is CC1C=C(N(c2ccc(C(C)(C)C)cc2)C2C=CC(C(C)(C)C)=CC2)C=C(Cl)C1. The van der Waals surface area contributed by atoms with Gasteiger partial charge in [0.05, 0.1) is 6.04 Å². The summed E-state index contributed by atoms with van der Waals surface area (Å²) in [5, 5.41) is 0.942. The fourth-order valence-electron chi connectivity index (χ4n) is 4.09. The van der Waals surface area contributed by atoms with Crippen LogP contribution in [-0.4, -0.2) is 6.04 Å². The molecule has 0 saturated carbocycles. The van der Waals surface area contributed by atoms with E-state index in [1.165, 1.54) is 22.5 Å². The molecule has 0 N–H and O–H groups in total. The highest BCUT2D eigenvalue weighted by molar-refractivity contribution is 6.29. The molecule has 1 aromatic rings. The molecular formula is C27H36ClN. The highest BCUT2D eigenvalue weighted by atomic mass is 35.5. The van der Waals surface area contributed by atoms with Gasteiger partial charge in [-0.2, -0.15) is 0 Å². The molecule has 0 fully saturated rings. The summed E-state index contributed by atoms with van der Waals surface area (Å²) in [6.07, 6.45) is 13.5. The Bertz CT molecular complexity index is 853. The molecule has 2 unspecified atom stereocenters. The van der Waals surface area contributed by atoms with Gasteiger partial charge in [-0.1, -0.05) is 96.5 Å². The molecule has 0 radical (unpaired) electrons. The molecule has 2 aliphatic carbocycles. The monoisotopic (exact) mass is 409 g/mol. The van der Waals surface area contributed by atoms with E-state index in [1.807, 2.05) is 0 Å². The Hall–Kier alpha value is -1.73. The van der Waals surface area contributed by atoms with Gasteiger partial charge in [-0.3, -0.25) is 0 Å². The van der Waals surface area contributed by atoms with E-state index in [0.717, 1.165) is 17.9 Å². The summed E-state index contributed by atoms with van der Waals surface area (Å²) in [5.74, 6) is 0.451. The molecule has 1 nitrogen and oxygen atoms in total. The molecule has 0 heterocycles. The highest BCUT2D eigenvalue weighted by Gasteiger charge is 2.26. The molecule has 0 amide bonds. The number of halogens is 1. The van der Waals surface area contributed by atoms with Crippen LogP contribution in [0.2, 0.25) is 0 Å². The van der Waals surface area contributed by atoms with Gasteiger partial charge in [-0.25, -0.2) is 0 Å². The Morgan fingerprint density at radius 1 is 0.966 bits per heavy atom. The Balaban J connectivity index is 1.98. The van der Waals surface area contributed by atoms with Crippen molar-refractivity contribution >= 4 is 17.3 Å². The van der Waals surface area contributed by atoms with Crippen LogP contribution in [-0.2, 0) is 5.41 Å². The van der Waals surface area contributed by atoms with Crippen molar-refractivity contribution in [3.05, 3.63) is 76.5 Å². The fraction of sp³-hybridized carbons (Fsp3) is 0.481. The van der Waals surface area contributed by atoms with Crippen molar-refractivity contribution in [2.75, 3.05) is 4.90 Å². The van der Waals surface area contributed by atoms with Crippen molar-refractivity contribution in [1.29, 1.82) is 0 Å². The molecule has 0 saturated heterocycles. The molecule has 0 aromatic heterocycles. The number of hydrogen-bond acceptors (Lipinski definition) is 1. The maximum Gasteiger partial charge on any atom is 0.0559 e. The Morgan fingerprint density at radius 3 is 2.10 bits per heavy atom. The largest absolute Gasteiger partial charge is 0.334 e. The lowest BCUT2D eigenvalue weighted by atomic mass is 9.82. The van der Waals surface area contributed by atoms with E-state index in [0.29, 0.717) is 12.0 Å². The third-order valence-electron chi connectivity index (χ3n) is 5.84. The van der Waals surface area contributed by atoms with Gasteiger partial charge in [0.2, 0.25) is 0 Å². The van der Waals surface area contributed by atoms with Crippen LogP contribution in [0.25, 0.3) is 0 Å². The topological polar surface area (TPSA) is 3.24 Å². The van der Waals surface area contributed by atoms with Gasteiger partial charge in [0.15, 0.2) is 0 Å². The molecule has 29 heavy (non-hydrogen) atoms. The van der Waals surface area contributed by atoms with Crippen LogP contribution in [0, 0.1) is 11.3 Å². The predicted molar refractivity (Wildman–Crippen MR) is 129 cm³/mol. The molecular weight excluding hydrogens is 374 g/mol. The number of benzene rings is 1. The maximum absolute atomic E-state index is 6.51. The molecule has 1 aromatic carbocycles. The average molecular weight is 410 g/mol. The lowest BCUT2D eigenvalue weighted by molar-refractivity contribution is 0.509. The first-order chi connectivity index (χ1) is 13.4. The number of rotatable bonds is 3. The summed E-state index contributed by atoms with van der Waals surface area (Å²) in [7, 11) is 0. The second-order valence-electron chi connectivity index (χ2n) is 10.6.